The maximum absolute atomic E-state index is 13.5. The van der Waals surface area contributed by atoms with E-state index in [4.69, 9.17) is 11.6 Å². The average molecular weight is 314 g/mol. The van der Waals surface area contributed by atoms with Gasteiger partial charge in [-0.05, 0) is 17.7 Å². The van der Waals surface area contributed by atoms with Gasteiger partial charge in [-0.3, -0.25) is 0 Å². The van der Waals surface area contributed by atoms with Gasteiger partial charge in [-0.1, -0.05) is 38.4 Å². The van der Waals surface area contributed by atoms with Crippen molar-refractivity contribution in [3.05, 3.63) is 39.7 Å². The van der Waals surface area contributed by atoms with Crippen molar-refractivity contribution in [3.8, 4) is 10.4 Å². The summed E-state index contributed by atoms with van der Waals surface area (Å²) in [5.41, 5.74) is 0.150. The molecule has 0 unspecified atom stereocenters. The molecule has 0 radical (unpaired) electrons. The van der Waals surface area contributed by atoms with E-state index in [1.54, 1.807) is 6.07 Å². The third-order valence-electron chi connectivity index (χ3n) is 2.65. The highest BCUT2D eigenvalue weighted by Crippen LogP contribution is 2.36. The van der Waals surface area contributed by atoms with E-state index in [1.807, 2.05) is 20.8 Å². The minimum absolute atomic E-state index is 0.00573. The van der Waals surface area contributed by atoms with Gasteiger partial charge in [-0.15, -0.1) is 11.3 Å². The Morgan fingerprint density at radius 2 is 2.05 bits per heavy atom. The molecule has 1 aromatic carbocycles. The van der Waals surface area contributed by atoms with Crippen LogP contribution in [0.5, 0.6) is 0 Å². The second-order valence-corrected chi connectivity index (χ2v) is 6.79. The van der Waals surface area contributed by atoms with Crippen molar-refractivity contribution in [1.82, 2.24) is 4.98 Å². The fourth-order valence-corrected chi connectivity index (χ4v) is 2.85. The largest absolute Gasteiger partial charge is 0.476 e. The minimum atomic E-state index is -1.12. The second-order valence-electron chi connectivity index (χ2n) is 5.38. The Kier molecular flexibility index (Phi) is 3.84. The standard InChI is InChI=1S/C14H13ClFNO2S/c1-14(2,3)13-17-10(12(18)19)11(20-13)7-4-5-8(15)9(16)6-7/h4-6H,1-3H3,(H,18,19). The number of carboxylic acid groups (broad SMARTS) is 1. The lowest BCUT2D eigenvalue weighted by Gasteiger charge is -2.13. The lowest BCUT2D eigenvalue weighted by molar-refractivity contribution is 0.0692. The van der Waals surface area contributed by atoms with E-state index in [9.17, 15) is 14.3 Å². The molecule has 0 spiro atoms. The Morgan fingerprint density at radius 3 is 2.55 bits per heavy atom. The van der Waals surface area contributed by atoms with Gasteiger partial charge in [-0.2, -0.15) is 0 Å². The Morgan fingerprint density at radius 1 is 1.40 bits per heavy atom. The number of rotatable bonds is 2. The van der Waals surface area contributed by atoms with Crippen LogP contribution in [-0.2, 0) is 5.41 Å². The molecule has 0 bridgehead atoms. The van der Waals surface area contributed by atoms with Gasteiger partial charge < -0.3 is 5.11 Å². The van der Waals surface area contributed by atoms with E-state index < -0.39 is 11.8 Å². The van der Waals surface area contributed by atoms with Gasteiger partial charge in [-0.25, -0.2) is 14.2 Å². The van der Waals surface area contributed by atoms with Crippen molar-refractivity contribution in [2.45, 2.75) is 26.2 Å². The van der Waals surface area contributed by atoms with Crippen LogP contribution in [0.2, 0.25) is 5.02 Å². The van der Waals surface area contributed by atoms with Crippen molar-refractivity contribution >= 4 is 28.9 Å². The van der Waals surface area contributed by atoms with Gasteiger partial charge in [0, 0.05) is 5.41 Å². The first-order valence-corrected chi connectivity index (χ1v) is 7.09. The van der Waals surface area contributed by atoms with E-state index in [-0.39, 0.29) is 16.1 Å². The molecule has 6 heteroatoms. The number of thiazole rings is 1. The molecule has 0 atom stereocenters. The van der Waals surface area contributed by atoms with Gasteiger partial charge in [0.1, 0.15) is 5.82 Å². The van der Waals surface area contributed by atoms with Crippen molar-refractivity contribution in [1.29, 1.82) is 0 Å². The number of carbonyl (C=O) groups is 1. The van der Waals surface area contributed by atoms with Crippen LogP contribution in [0.3, 0.4) is 0 Å². The van der Waals surface area contributed by atoms with E-state index in [0.29, 0.717) is 15.4 Å². The van der Waals surface area contributed by atoms with Crippen LogP contribution in [0, 0.1) is 5.82 Å². The molecule has 0 saturated heterocycles. The van der Waals surface area contributed by atoms with E-state index in [2.05, 4.69) is 4.98 Å². The zero-order chi connectivity index (χ0) is 15.1. The van der Waals surface area contributed by atoms with Crippen LogP contribution in [0.4, 0.5) is 4.39 Å². The van der Waals surface area contributed by atoms with E-state index in [0.717, 1.165) is 0 Å². The predicted molar refractivity (Wildman–Crippen MR) is 78.2 cm³/mol. The minimum Gasteiger partial charge on any atom is -0.476 e. The second kappa shape index (κ2) is 5.14. The Labute approximate surface area is 125 Å². The highest BCUT2D eigenvalue weighted by atomic mass is 35.5. The Hall–Kier alpha value is -1.46. The molecule has 0 fully saturated rings. The van der Waals surface area contributed by atoms with E-state index >= 15 is 0 Å². The summed E-state index contributed by atoms with van der Waals surface area (Å²) in [7, 11) is 0. The molecule has 2 rings (SSSR count). The molecule has 20 heavy (non-hydrogen) atoms. The number of benzene rings is 1. The first-order valence-electron chi connectivity index (χ1n) is 5.90. The zero-order valence-corrected chi connectivity index (χ0v) is 12.8. The van der Waals surface area contributed by atoms with E-state index in [1.165, 1.54) is 23.5 Å². The number of hydrogen-bond acceptors (Lipinski definition) is 3. The maximum atomic E-state index is 13.5. The summed E-state index contributed by atoms with van der Waals surface area (Å²) in [6.45, 7) is 5.84. The molecular formula is C14H13ClFNO2S. The molecule has 0 aliphatic rings. The number of carboxylic acids is 1. The van der Waals surface area contributed by atoms with Crippen LogP contribution in [0.15, 0.2) is 18.2 Å². The van der Waals surface area contributed by atoms with Gasteiger partial charge in [0.05, 0.1) is 14.9 Å². The molecule has 2 aromatic rings. The summed E-state index contributed by atoms with van der Waals surface area (Å²) in [4.78, 5) is 15.9. The molecule has 3 nitrogen and oxygen atoms in total. The maximum Gasteiger partial charge on any atom is 0.356 e. The fourth-order valence-electron chi connectivity index (χ4n) is 1.62. The quantitative estimate of drug-likeness (QED) is 0.881. The normalized spacial score (nSPS) is 11.7. The van der Waals surface area contributed by atoms with Crippen LogP contribution >= 0.6 is 22.9 Å². The molecular weight excluding hydrogens is 301 g/mol. The third-order valence-corrected chi connectivity index (χ3v) is 4.49. The number of halogens is 2. The molecule has 0 amide bonds. The monoisotopic (exact) mass is 313 g/mol. The Bertz CT molecular complexity index is 676. The predicted octanol–water partition coefficient (Wildman–Crippen LogP) is 4.60. The smallest absolute Gasteiger partial charge is 0.356 e. The summed E-state index contributed by atoms with van der Waals surface area (Å²) in [5.74, 6) is -1.70. The van der Waals surface area contributed by atoms with Gasteiger partial charge in [0.15, 0.2) is 5.69 Å². The summed E-state index contributed by atoms with van der Waals surface area (Å²) < 4.78 is 13.5. The SMILES string of the molecule is CC(C)(C)c1nc(C(=O)O)c(-c2ccc(Cl)c(F)c2)s1. The van der Waals surface area contributed by atoms with Crippen LogP contribution in [0.25, 0.3) is 10.4 Å². The molecule has 0 aliphatic carbocycles. The molecule has 1 N–H and O–H groups in total. The first kappa shape index (κ1) is 14.9. The van der Waals surface area contributed by atoms with Gasteiger partial charge in [0.2, 0.25) is 0 Å². The van der Waals surface area contributed by atoms with Crippen LogP contribution < -0.4 is 0 Å². The summed E-state index contributed by atoms with van der Waals surface area (Å²) >= 11 is 6.91. The van der Waals surface area contributed by atoms with Crippen molar-refractivity contribution in [3.63, 3.8) is 0 Å². The molecule has 0 saturated carbocycles. The van der Waals surface area contributed by atoms with Crippen molar-refractivity contribution in [2.75, 3.05) is 0 Å². The number of aromatic carboxylic acids is 1. The summed E-state index contributed by atoms with van der Waals surface area (Å²) in [5, 5.41) is 9.95. The third kappa shape index (κ3) is 2.83. The summed E-state index contributed by atoms with van der Waals surface area (Å²) in [6.07, 6.45) is 0. The average Bonchev–Trinajstić information content (AvgIpc) is 2.77. The van der Waals surface area contributed by atoms with Gasteiger partial charge >= 0.3 is 5.97 Å². The number of nitrogens with zero attached hydrogens (tertiary/aromatic N) is 1. The Balaban J connectivity index is 2.63. The lowest BCUT2D eigenvalue weighted by atomic mass is 9.98. The number of hydrogen-bond donors (Lipinski definition) is 1. The highest BCUT2D eigenvalue weighted by Gasteiger charge is 2.25. The van der Waals surface area contributed by atoms with Gasteiger partial charge in [0.25, 0.3) is 0 Å². The highest BCUT2D eigenvalue weighted by molar-refractivity contribution is 7.15. The fraction of sp³-hybridized carbons (Fsp3) is 0.286. The van der Waals surface area contributed by atoms with Crippen molar-refractivity contribution < 1.29 is 14.3 Å². The zero-order valence-electron chi connectivity index (χ0n) is 11.2. The van der Waals surface area contributed by atoms with Crippen molar-refractivity contribution in [2.24, 2.45) is 0 Å². The van der Waals surface area contributed by atoms with Crippen LogP contribution in [-0.4, -0.2) is 16.1 Å². The molecule has 1 heterocycles. The topological polar surface area (TPSA) is 50.2 Å². The number of aromatic nitrogens is 1. The lowest BCUT2D eigenvalue weighted by Crippen LogP contribution is -2.11. The first-order chi connectivity index (χ1) is 9.20. The molecule has 1 aromatic heterocycles. The molecule has 0 aliphatic heterocycles. The summed E-state index contributed by atoms with van der Waals surface area (Å²) in [6, 6.07) is 4.24. The van der Waals surface area contributed by atoms with Crippen LogP contribution in [0.1, 0.15) is 36.3 Å². The molecule has 106 valence electrons.